The third-order valence-corrected chi connectivity index (χ3v) is 8.15. The van der Waals surface area contributed by atoms with Gasteiger partial charge in [-0.2, -0.15) is 0 Å². The van der Waals surface area contributed by atoms with Crippen LogP contribution in [0.3, 0.4) is 0 Å². The molecule has 0 spiro atoms. The highest BCUT2D eigenvalue weighted by molar-refractivity contribution is 5.74. The van der Waals surface area contributed by atoms with E-state index in [1.54, 1.807) is 6.92 Å². The number of amides is 1. The number of fused-ring (bicyclic) bond motifs is 3. The summed E-state index contributed by atoms with van der Waals surface area (Å²) in [6, 6.07) is 14.5. The number of piperazine rings is 1. The molecule has 0 radical (unpaired) electrons. The molecule has 5 heteroatoms. The van der Waals surface area contributed by atoms with Gasteiger partial charge >= 0.3 is 0 Å². The largest absolute Gasteiger partial charge is 0.340 e. The highest BCUT2D eigenvalue weighted by atomic mass is 16.2. The molecule has 0 saturated carbocycles. The molecular weight excluding hydrogens is 408 g/mol. The van der Waals surface area contributed by atoms with Gasteiger partial charge in [-0.25, -0.2) is 0 Å². The summed E-state index contributed by atoms with van der Waals surface area (Å²) in [7, 11) is 0. The topological polar surface area (TPSA) is 30.0 Å². The summed E-state index contributed by atoms with van der Waals surface area (Å²) in [4.78, 5) is 21.4. The highest BCUT2D eigenvalue weighted by Gasteiger charge is 2.42. The molecule has 2 fully saturated rings. The van der Waals surface area contributed by atoms with E-state index in [0.29, 0.717) is 12.0 Å². The van der Waals surface area contributed by atoms with Crippen molar-refractivity contribution in [1.82, 2.24) is 14.7 Å². The summed E-state index contributed by atoms with van der Waals surface area (Å²) in [6.07, 6.45) is 1.20. The van der Waals surface area contributed by atoms with E-state index >= 15 is 0 Å². The Morgan fingerprint density at radius 2 is 1.64 bits per heavy atom. The second-order valence-corrected chi connectivity index (χ2v) is 10.3. The van der Waals surface area contributed by atoms with Crippen molar-refractivity contribution in [3.05, 3.63) is 58.7 Å². The van der Waals surface area contributed by atoms with Crippen LogP contribution < -0.4 is 4.90 Å². The van der Waals surface area contributed by atoms with Crippen LogP contribution in [0.1, 0.15) is 41.5 Å². The van der Waals surface area contributed by atoms with Crippen molar-refractivity contribution in [2.45, 2.75) is 46.1 Å². The van der Waals surface area contributed by atoms with Crippen molar-refractivity contribution in [2.75, 3.05) is 57.3 Å². The van der Waals surface area contributed by atoms with E-state index in [-0.39, 0.29) is 5.91 Å². The zero-order valence-corrected chi connectivity index (χ0v) is 20.7. The first-order chi connectivity index (χ1) is 15.9. The van der Waals surface area contributed by atoms with Crippen molar-refractivity contribution < 1.29 is 4.79 Å². The van der Waals surface area contributed by atoms with Gasteiger partial charge < -0.3 is 14.7 Å². The van der Waals surface area contributed by atoms with Crippen LogP contribution in [0.5, 0.6) is 0 Å². The Balaban J connectivity index is 1.29. The van der Waals surface area contributed by atoms with Crippen molar-refractivity contribution in [3.63, 3.8) is 0 Å². The molecule has 0 aliphatic carbocycles. The van der Waals surface area contributed by atoms with Gasteiger partial charge in [0.25, 0.3) is 0 Å². The lowest BCUT2D eigenvalue weighted by Gasteiger charge is -2.40. The fraction of sp³-hybridized carbons (Fsp3) is 0.536. The van der Waals surface area contributed by atoms with Crippen LogP contribution in [0.2, 0.25) is 0 Å². The quantitative estimate of drug-likeness (QED) is 0.708. The van der Waals surface area contributed by atoms with Gasteiger partial charge in [-0.15, -0.1) is 0 Å². The molecule has 33 heavy (non-hydrogen) atoms. The summed E-state index contributed by atoms with van der Waals surface area (Å²) < 4.78 is 0. The monoisotopic (exact) mass is 446 g/mol. The molecule has 0 bridgehead atoms. The standard InChI is InChI=1S/C28H38N4O/c1-20-5-8-27-25(17-20)26-19-30(12-11-29-13-15-31(16-14-29)23(4)33)10-9-28(26)32(27)24-7-6-21(2)22(3)18-24/h5-8,17-18,26,28H,9-16,19H2,1-4H3. The van der Waals surface area contributed by atoms with E-state index in [1.807, 2.05) is 4.90 Å². The Kier molecular flexibility index (Phi) is 6.19. The minimum Gasteiger partial charge on any atom is -0.340 e. The smallest absolute Gasteiger partial charge is 0.219 e. The van der Waals surface area contributed by atoms with Gasteiger partial charge in [-0.1, -0.05) is 23.8 Å². The molecule has 2 saturated heterocycles. The number of likely N-dealkylation sites (tertiary alicyclic amines) is 1. The third kappa shape index (κ3) is 4.41. The molecule has 2 unspecified atom stereocenters. The number of hydrogen-bond acceptors (Lipinski definition) is 4. The number of carbonyl (C=O) groups excluding carboxylic acids is 1. The minimum atomic E-state index is 0.209. The molecule has 3 heterocycles. The molecule has 3 aliphatic heterocycles. The molecule has 2 aromatic rings. The van der Waals surface area contributed by atoms with E-state index in [1.165, 1.54) is 40.0 Å². The lowest BCUT2D eigenvalue weighted by Crippen LogP contribution is -2.51. The van der Waals surface area contributed by atoms with Crippen molar-refractivity contribution in [1.29, 1.82) is 0 Å². The van der Waals surface area contributed by atoms with Gasteiger partial charge in [0.2, 0.25) is 5.91 Å². The maximum atomic E-state index is 11.6. The Labute approximate surface area is 199 Å². The van der Waals surface area contributed by atoms with Crippen LogP contribution in [0.4, 0.5) is 11.4 Å². The average molecular weight is 447 g/mol. The Morgan fingerprint density at radius 1 is 0.879 bits per heavy atom. The Morgan fingerprint density at radius 3 is 2.36 bits per heavy atom. The number of anilines is 2. The second-order valence-electron chi connectivity index (χ2n) is 10.3. The molecule has 1 amide bonds. The molecule has 3 aliphatic rings. The van der Waals surface area contributed by atoms with E-state index < -0.39 is 0 Å². The predicted molar refractivity (Wildman–Crippen MR) is 136 cm³/mol. The van der Waals surface area contributed by atoms with Crippen LogP contribution in [0.25, 0.3) is 0 Å². The van der Waals surface area contributed by atoms with Gasteiger partial charge in [0, 0.05) is 82.6 Å². The van der Waals surface area contributed by atoms with E-state index in [0.717, 1.165) is 52.4 Å². The molecule has 5 rings (SSSR count). The molecule has 176 valence electrons. The van der Waals surface area contributed by atoms with E-state index in [2.05, 4.69) is 71.9 Å². The minimum absolute atomic E-state index is 0.209. The van der Waals surface area contributed by atoms with Gasteiger partial charge in [-0.05, 0) is 62.1 Å². The summed E-state index contributed by atoms with van der Waals surface area (Å²) in [6.45, 7) is 16.6. The average Bonchev–Trinajstić information content (AvgIpc) is 3.12. The third-order valence-electron chi connectivity index (χ3n) is 8.15. The highest BCUT2D eigenvalue weighted by Crippen LogP contribution is 2.48. The van der Waals surface area contributed by atoms with Gasteiger partial charge in [0.1, 0.15) is 0 Å². The summed E-state index contributed by atoms with van der Waals surface area (Å²) in [5.41, 5.74) is 8.35. The molecule has 0 N–H and O–H groups in total. The number of rotatable bonds is 4. The maximum Gasteiger partial charge on any atom is 0.219 e. The zero-order valence-electron chi connectivity index (χ0n) is 20.7. The zero-order chi connectivity index (χ0) is 23.1. The number of aryl methyl sites for hydroxylation is 3. The molecule has 2 aromatic carbocycles. The number of piperidine rings is 1. The first kappa shape index (κ1) is 22.4. The maximum absolute atomic E-state index is 11.6. The fourth-order valence-electron chi connectivity index (χ4n) is 5.97. The molecule has 0 aromatic heterocycles. The van der Waals surface area contributed by atoms with Crippen LogP contribution in [0, 0.1) is 20.8 Å². The van der Waals surface area contributed by atoms with Crippen LogP contribution >= 0.6 is 0 Å². The SMILES string of the molecule is CC(=O)N1CCN(CCN2CCC3C(C2)c2cc(C)ccc2N3c2ccc(C)c(C)c2)CC1. The van der Waals surface area contributed by atoms with Crippen molar-refractivity contribution in [3.8, 4) is 0 Å². The summed E-state index contributed by atoms with van der Waals surface area (Å²) >= 11 is 0. The van der Waals surface area contributed by atoms with Crippen LogP contribution in [0.15, 0.2) is 36.4 Å². The number of hydrogen-bond donors (Lipinski definition) is 0. The van der Waals surface area contributed by atoms with Gasteiger partial charge in [-0.3, -0.25) is 9.69 Å². The first-order valence-electron chi connectivity index (χ1n) is 12.6. The van der Waals surface area contributed by atoms with Crippen molar-refractivity contribution >= 4 is 17.3 Å². The molecule has 2 atom stereocenters. The normalized spacial score (nSPS) is 23.5. The number of nitrogens with zero attached hydrogens (tertiary/aromatic N) is 4. The van der Waals surface area contributed by atoms with Gasteiger partial charge in [0.05, 0.1) is 0 Å². The van der Waals surface area contributed by atoms with Gasteiger partial charge in [0.15, 0.2) is 0 Å². The van der Waals surface area contributed by atoms with Crippen LogP contribution in [-0.4, -0.2) is 79.0 Å². The Hall–Kier alpha value is -2.37. The Bertz CT molecular complexity index is 1030. The summed E-state index contributed by atoms with van der Waals surface area (Å²) in [5.74, 6) is 0.769. The van der Waals surface area contributed by atoms with E-state index in [4.69, 9.17) is 0 Å². The first-order valence-corrected chi connectivity index (χ1v) is 12.6. The summed E-state index contributed by atoms with van der Waals surface area (Å²) in [5, 5.41) is 0. The predicted octanol–water partition coefficient (Wildman–Crippen LogP) is 4.09. The van der Waals surface area contributed by atoms with Crippen molar-refractivity contribution in [2.24, 2.45) is 0 Å². The number of benzene rings is 2. The lowest BCUT2D eigenvalue weighted by atomic mass is 9.88. The molecule has 5 nitrogen and oxygen atoms in total. The lowest BCUT2D eigenvalue weighted by molar-refractivity contribution is -0.130. The van der Waals surface area contributed by atoms with Crippen LogP contribution in [-0.2, 0) is 4.79 Å². The van der Waals surface area contributed by atoms with E-state index in [9.17, 15) is 4.79 Å². The second kappa shape index (κ2) is 9.11. The number of carbonyl (C=O) groups is 1. The molecular formula is C28H38N4O. The fourth-order valence-corrected chi connectivity index (χ4v) is 5.97.